The molecule has 0 heterocycles. The van der Waals surface area contributed by atoms with E-state index in [0.29, 0.717) is 12.2 Å². The van der Waals surface area contributed by atoms with Crippen LogP contribution in [0.15, 0.2) is 28.7 Å². The van der Waals surface area contributed by atoms with Gasteiger partial charge in [-0.3, -0.25) is 10.1 Å². The predicted octanol–water partition coefficient (Wildman–Crippen LogP) is 2.89. The Kier molecular flexibility index (Phi) is 4.84. The number of hydrogen-bond donors (Lipinski definition) is 0. The number of non-ortho nitro benzene ring substituents is 1. The molecule has 0 atom stereocenters. The first-order valence-electron chi connectivity index (χ1n) is 4.83. The van der Waals surface area contributed by atoms with Crippen LogP contribution in [0.25, 0.3) is 6.08 Å². The zero-order valence-corrected chi connectivity index (χ0v) is 10.6. The highest BCUT2D eigenvalue weighted by Crippen LogP contribution is 2.17. The fourth-order valence-corrected chi connectivity index (χ4v) is 1.48. The molecule has 0 unspecified atom stereocenters. The smallest absolute Gasteiger partial charge is 0.345 e. The number of hydrogen-bond acceptors (Lipinski definition) is 4. The van der Waals surface area contributed by atoms with Gasteiger partial charge in [-0.2, -0.15) is 0 Å². The molecule has 0 N–H and O–H groups in total. The van der Waals surface area contributed by atoms with Gasteiger partial charge in [-0.15, -0.1) is 0 Å². The lowest BCUT2D eigenvalue weighted by Crippen LogP contribution is -2.02. The van der Waals surface area contributed by atoms with Gasteiger partial charge in [-0.25, -0.2) is 4.79 Å². The summed E-state index contributed by atoms with van der Waals surface area (Å²) in [5.41, 5.74) is 0.685. The second-order valence-electron chi connectivity index (χ2n) is 3.06. The molecule has 0 aromatic heterocycles. The van der Waals surface area contributed by atoms with Crippen molar-refractivity contribution in [1.29, 1.82) is 0 Å². The number of carbonyl (C=O) groups excluding carboxylic acids is 1. The minimum atomic E-state index is -0.478. The average molecular weight is 300 g/mol. The second kappa shape index (κ2) is 6.15. The fraction of sp³-hybridized carbons (Fsp3) is 0.182. The van der Waals surface area contributed by atoms with Gasteiger partial charge in [-0.1, -0.05) is 0 Å². The maximum atomic E-state index is 11.3. The van der Waals surface area contributed by atoms with Crippen molar-refractivity contribution in [3.63, 3.8) is 0 Å². The zero-order chi connectivity index (χ0) is 12.8. The molecular formula is C11H10BrNO4. The van der Waals surface area contributed by atoms with Crippen LogP contribution in [0.4, 0.5) is 5.69 Å². The SMILES string of the molecule is CCOC(=O)C(Br)=Cc1ccc([N+](=O)[O-])cc1. The number of halogens is 1. The molecule has 90 valence electrons. The van der Waals surface area contributed by atoms with Gasteiger partial charge in [0, 0.05) is 12.1 Å². The van der Waals surface area contributed by atoms with E-state index in [1.807, 2.05) is 0 Å². The third kappa shape index (κ3) is 3.99. The molecule has 1 rings (SSSR count). The number of benzene rings is 1. The van der Waals surface area contributed by atoms with Gasteiger partial charge in [0.1, 0.15) is 4.48 Å². The third-order valence-electron chi connectivity index (χ3n) is 1.87. The molecule has 0 fully saturated rings. The molecule has 0 aliphatic heterocycles. The van der Waals surface area contributed by atoms with Crippen LogP contribution in [-0.4, -0.2) is 17.5 Å². The highest BCUT2D eigenvalue weighted by molar-refractivity contribution is 9.12. The van der Waals surface area contributed by atoms with Gasteiger partial charge in [0.15, 0.2) is 0 Å². The number of esters is 1. The van der Waals surface area contributed by atoms with E-state index in [-0.39, 0.29) is 10.2 Å². The fourth-order valence-electron chi connectivity index (χ4n) is 1.10. The van der Waals surface area contributed by atoms with Crippen molar-refractivity contribution < 1.29 is 14.5 Å². The van der Waals surface area contributed by atoms with Gasteiger partial charge in [-0.05, 0) is 46.6 Å². The largest absolute Gasteiger partial charge is 0.462 e. The van der Waals surface area contributed by atoms with Gasteiger partial charge >= 0.3 is 5.97 Å². The highest BCUT2D eigenvalue weighted by Gasteiger charge is 2.07. The first kappa shape index (κ1) is 13.4. The second-order valence-corrected chi connectivity index (χ2v) is 3.92. The summed E-state index contributed by atoms with van der Waals surface area (Å²) in [5.74, 6) is -0.467. The van der Waals surface area contributed by atoms with Crippen molar-refractivity contribution >= 4 is 33.7 Å². The van der Waals surface area contributed by atoms with Crippen LogP contribution in [0.2, 0.25) is 0 Å². The molecule has 0 radical (unpaired) electrons. The Bertz CT molecular complexity index is 453. The van der Waals surface area contributed by atoms with Crippen LogP contribution in [0.3, 0.4) is 0 Å². The summed E-state index contributed by atoms with van der Waals surface area (Å²) in [6.45, 7) is 2.01. The monoisotopic (exact) mass is 299 g/mol. The van der Waals surface area contributed by atoms with Gasteiger partial charge in [0.25, 0.3) is 5.69 Å². The Hall–Kier alpha value is -1.69. The van der Waals surface area contributed by atoms with Crippen LogP contribution >= 0.6 is 15.9 Å². The molecule has 0 aliphatic rings. The number of ether oxygens (including phenoxy) is 1. The van der Waals surface area contributed by atoms with Crippen molar-refractivity contribution in [3.8, 4) is 0 Å². The molecule has 6 heteroatoms. The number of nitro groups is 1. The Morgan fingerprint density at radius 3 is 2.53 bits per heavy atom. The van der Waals surface area contributed by atoms with Crippen LogP contribution in [-0.2, 0) is 9.53 Å². The van der Waals surface area contributed by atoms with Gasteiger partial charge < -0.3 is 4.74 Å². The maximum Gasteiger partial charge on any atom is 0.345 e. The van der Waals surface area contributed by atoms with Crippen LogP contribution in [0.1, 0.15) is 12.5 Å². The van der Waals surface area contributed by atoms with E-state index in [1.54, 1.807) is 25.1 Å². The van der Waals surface area contributed by atoms with Crippen molar-refractivity contribution in [3.05, 3.63) is 44.4 Å². The Morgan fingerprint density at radius 2 is 2.06 bits per heavy atom. The lowest BCUT2D eigenvalue weighted by molar-refractivity contribution is -0.384. The lowest BCUT2D eigenvalue weighted by Gasteiger charge is -2.00. The Balaban J connectivity index is 2.84. The summed E-state index contributed by atoms with van der Waals surface area (Å²) < 4.78 is 5.05. The molecule has 0 spiro atoms. The van der Waals surface area contributed by atoms with Gasteiger partial charge in [0.2, 0.25) is 0 Å². The van der Waals surface area contributed by atoms with Crippen LogP contribution in [0, 0.1) is 10.1 Å². The van der Waals surface area contributed by atoms with E-state index in [0.717, 1.165) is 0 Å². The first-order chi connectivity index (χ1) is 8.04. The normalized spacial score (nSPS) is 11.1. The first-order valence-corrected chi connectivity index (χ1v) is 5.62. The molecule has 5 nitrogen and oxygen atoms in total. The summed E-state index contributed by atoms with van der Waals surface area (Å²) in [5, 5.41) is 10.4. The quantitative estimate of drug-likeness (QED) is 0.371. The molecule has 0 saturated heterocycles. The van der Waals surface area contributed by atoms with Crippen molar-refractivity contribution in [2.75, 3.05) is 6.61 Å². The minimum Gasteiger partial charge on any atom is -0.462 e. The van der Waals surface area contributed by atoms with Crippen LogP contribution < -0.4 is 0 Å². The van der Waals surface area contributed by atoms with E-state index in [1.165, 1.54) is 12.1 Å². The third-order valence-corrected chi connectivity index (χ3v) is 2.42. The van der Waals surface area contributed by atoms with Crippen molar-refractivity contribution in [1.82, 2.24) is 0 Å². The lowest BCUT2D eigenvalue weighted by atomic mass is 10.2. The predicted molar refractivity (Wildman–Crippen MR) is 66.6 cm³/mol. The number of nitrogens with zero attached hydrogens (tertiary/aromatic N) is 1. The Labute approximate surface area is 106 Å². The summed E-state index contributed by atoms with van der Waals surface area (Å²) in [6.07, 6.45) is 1.54. The van der Waals surface area contributed by atoms with E-state index in [9.17, 15) is 14.9 Å². The zero-order valence-electron chi connectivity index (χ0n) is 9.05. The Morgan fingerprint density at radius 1 is 1.47 bits per heavy atom. The van der Waals surface area contributed by atoms with Crippen LogP contribution in [0.5, 0.6) is 0 Å². The molecule has 1 aromatic rings. The highest BCUT2D eigenvalue weighted by atomic mass is 79.9. The topological polar surface area (TPSA) is 69.4 Å². The average Bonchev–Trinajstić information content (AvgIpc) is 2.30. The number of carbonyl (C=O) groups is 1. The molecule has 0 amide bonds. The summed E-state index contributed by atoms with van der Waals surface area (Å²) >= 11 is 3.08. The number of nitro benzene ring substituents is 1. The molecule has 17 heavy (non-hydrogen) atoms. The molecule has 0 saturated carbocycles. The van der Waals surface area contributed by atoms with E-state index < -0.39 is 10.9 Å². The minimum absolute atomic E-state index is 0.00871. The maximum absolute atomic E-state index is 11.3. The molecule has 0 aliphatic carbocycles. The van der Waals surface area contributed by atoms with Gasteiger partial charge in [0.05, 0.1) is 11.5 Å². The van der Waals surface area contributed by atoms with E-state index >= 15 is 0 Å². The van der Waals surface area contributed by atoms with E-state index in [4.69, 9.17) is 4.74 Å². The van der Waals surface area contributed by atoms with E-state index in [2.05, 4.69) is 15.9 Å². The summed E-state index contributed by atoms with van der Waals surface area (Å²) in [4.78, 5) is 21.2. The summed E-state index contributed by atoms with van der Waals surface area (Å²) in [6, 6.07) is 5.85. The summed E-state index contributed by atoms with van der Waals surface area (Å²) in [7, 11) is 0. The molecule has 0 bridgehead atoms. The molecule has 1 aromatic carbocycles. The van der Waals surface area contributed by atoms with Crippen molar-refractivity contribution in [2.45, 2.75) is 6.92 Å². The molecular weight excluding hydrogens is 290 g/mol. The van der Waals surface area contributed by atoms with Crippen molar-refractivity contribution in [2.24, 2.45) is 0 Å². The standard InChI is InChI=1S/C11H10BrNO4/c1-2-17-11(14)10(12)7-8-3-5-9(6-4-8)13(15)16/h3-7H,2H2,1H3. The number of rotatable bonds is 4.